The first kappa shape index (κ1) is 131. The number of unbranched alkanes of at least 4 members (excludes halogenated alkanes) is 2. The second-order valence-electron chi connectivity index (χ2n) is 36.2. The summed E-state index contributed by atoms with van der Waals surface area (Å²) in [4.78, 5) is 312. The fourth-order valence-corrected chi connectivity index (χ4v) is 15.1. The Labute approximate surface area is 868 Å². The number of amides is 16. The molecular weight excluding hydrogens is 2000 g/mol. The summed E-state index contributed by atoms with van der Waals surface area (Å²) in [6.45, 7) is 6.47. The third kappa shape index (κ3) is 55.0. The Balaban J connectivity index is 2.56. The molecule has 57 heteroatoms. The van der Waals surface area contributed by atoms with E-state index in [4.69, 9.17) is 39.5 Å². The van der Waals surface area contributed by atoms with Gasteiger partial charge < -0.3 is 165 Å². The highest BCUT2D eigenvalue weighted by Crippen LogP contribution is 2.19. The number of aliphatic carboxylic acids is 7. The van der Waals surface area contributed by atoms with Gasteiger partial charge in [0.15, 0.2) is 11.9 Å². The van der Waals surface area contributed by atoms with Crippen molar-refractivity contribution < 1.29 is 151 Å². The number of phenols is 1. The molecule has 150 heavy (non-hydrogen) atoms. The van der Waals surface area contributed by atoms with E-state index in [0.29, 0.717) is 17.5 Å². The van der Waals surface area contributed by atoms with Crippen molar-refractivity contribution in [2.75, 3.05) is 44.7 Å². The van der Waals surface area contributed by atoms with Crippen molar-refractivity contribution in [3.63, 3.8) is 0 Å². The number of nitrogens with one attached hydrogen (secondary N) is 20. The van der Waals surface area contributed by atoms with E-state index in [0.717, 1.165) is 6.92 Å². The van der Waals surface area contributed by atoms with Crippen LogP contribution in [0.3, 0.4) is 0 Å². The first-order valence-electron chi connectivity index (χ1n) is 48.7. The van der Waals surface area contributed by atoms with Gasteiger partial charge in [0.1, 0.15) is 96.4 Å². The molecule has 0 saturated heterocycles. The van der Waals surface area contributed by atoms with Gasteiger partial charge in [0.2, 0.25) is 94.5 Å². The Hall–Kier alpha value is -15.2. The monoisotopic (exact) mass is 2140 g/mol. The molecule has 16 amide bonds. The van der Waals surface area contributed by atoms with Gasteiger partial charge in [-0.2, -0.15) is 11.8 Å². The maximum Gasteiger partial charge on any atom is 0.326 e. The van der Waals surface area contributed by atoms with Crippen LogP contribution in [0, 0.1) is 22.7 Å². The van der Waals surface area contributed by atoms with Gasteiger partial charge in [-0.1, -0.05) is 70.2 Å². The molecule has 0 aliphatic heterocycles. The molecule has 0 fully saturated rings. The summed E-state index contributed by atoms with van der Waals surface area (Å²) in [5.41, 5.74) is 29.7. The number of guanidine groups is 2. The minimum atomic E-state index is -2.15. The topological polar surface area (TPSA) is 949 Å². The van der Waals surface area contributed by atoms with Crippen molar-refractivity contribution in [1.82, 2.24) is 95.7 Å². The van der Waals surface area contributed by atoms with Crippen LogP contribution in [0.1, 0.15) is 200 Å². The number of carbonyl (C=O) groups is 23. The third-order valence-electron chi connectivity index (χ3n) is 22.6. The number of nitrogens with two attached hydrogens (primary N) is 5. The molecule has 16 atom stereocenters. The summed E-state index contributed by atoms with van der Waals surface area (Å²) >= 11 is 1.27. The quantitative estimate of drug-likeness (QED) is 0.0166. The molecule has 836 valence electrons. The fraction of sp³-hybridized carbons (Fsp3) is 0.602. The molecule has 0 aromatic heterocycles. The van der Waals surface area contributed by atoms with E-state index in [1.165, 1.54) is 36.0 Å². The Bertz CT molecular complexity index is 4890. The number of carbonyl (C=O) groups excluding carboxylic acids is 16. The summed E-state index contributed by atoms with van der Waals surface area (Å²) in [5.74, 6) is -30.6. The Morgan fingerprint density at radius 3 is 0.967 bits per heavy atom. The van der Waals surface area contributed by atoms with Gasteiger partial charge in [0, 0.05) is 51.6 Å². The first-order valence-corrected chi connectivity index (χ1v) is 50.1. The standard InChI is InChI=1S/C93H147N25O31S/c1-48(2)42-65(87(144)112-62(30-35-74(129)130)83(140)111-58(26-31-70(121)122)79(136)104-50(5)76(133)106-59(27-32-71(123)124)84(141)115-64(91(148)149)21-15-40-102-93(99)100)117-88(145)66(43-49(3)4)116-81(138)57(20-14-39-101-92(97)98)110-82(139)61(29-34-73(127)128)113-90(147)68(46-75(131)132)105-69(120)47-103-78(135)55(18-10-12-37-94)108-80(137)56(19-11-13-38-95)109-86(143)63(36-41-150-6)114-89(146)67(45-51-16-8-7-9-17-51)118-85(142)60(28-33-72(125)126)107-77(134)54(96)44-52-22-24-53(119)25-23-52/h7-9,16-17,22-25,48-50,54-68,119H,10-15,18-21,26-47,94-96H2,1-6H3,(H,103,135)(H,104,136)(H,105,120)(H,106,133)(H,107,134)(H,108,137)(H,109,143)(H,110,139)(H,111,140)(H,112,144)(H,113,147)(H,114,146)(H,115,141)(H,116,138)(H,117,145)(H,118,142)(H,121,122)(H,123,124)(H,125,126)(H,127,128)(H,129,130)(H,131,132)(H,148,149)(H4,97,98,101)(H4,99,100,102)/t50-,54-,55-,56-,57-,58-,59-,60-,61-,62-,63-,64-,65-,66-,67-,68-/m0/s1. The van der Waals surface area contributed by atoms with Gasteiger partial charge in [-0.15, -0.1) is 0 Å². The van der Waals surface area contributed by atoms with Crippen molar-refractivity contribution in [3.05, 3.63) is 65.7 Å². The van der Waals surface area contributed by atoms with Crippen LogP contribution in [-0.2, 0) is 123 Å². The van der Waals surface area contributed by atoms with Gasteiger partial charge in [-0.05, 0) is 189 Å². The molecule has 0 unspecified atom stereocenters. The number of carboxylic acid groups (broad SMARTS) is 7. The van der Waals surface area contributed by atoms with Gasteiger partial charge in [0.25, 0.3) is 0 Å². The average molecular weight is 2140 g/mol. The van der Waals surface area contributed by atoms with Crippen LogP contribution in [0.25, 0.3) is 0 Å². The maximum absolute atomic E-state index is 14.8. The van der Waals surface area contributed by atoms with Crippen LogP contribution >= 0.6 is 11.8 Å². The highest BCUT2D eigenvalue weighted by molar-refractivity contribution is 7.98. The molecule has 2 aromatic rings. The third-order valence-corrected chi connectivity index (χ3v) is 23.2. The number of hydrogen-bond donors (Lipinski definition) is 33. The van der Waals surface area contributed by atoms with Crippen LogP contribution in [0.15, 0.2) is 54.6 Å². The van der Waals surface area contributed by atoms with Crippen molar-refractivity contribution in [3.8, 4) is 5.75 Å². The lowest BCUT2D eigenvalue weighted by atomic mass is 9.99. The lowest BCUT2D eigenvalue weighted by Crippen LogP contribution is -2.61. The van der Waals surface area contributed by atoms with Gasteiger partial charge in [0.05, 0.1) is 19.0 Å². The molecule has 0 aliphatic carbocycles. The van der Waals surface area contributed by atoms with E-state index in [1.807, 2.05) is 0 Å². The molecule has 0 radical (unpaired) electrons. The molecule has 0 spiro atoms. The maximum atomic E-state index is 14.8. The van der Waals surface area contributed by atoms with Crippen molar-refractivity contribution in [2.24, 2.45) is 40.5 Å². The van der Waals surface area contributed by atoms with E-state index in [-0.39, 0.29) is 121 Å². The number of aromatic hydroxyl groups is 1. The van der Waals surface area contributed by atoms with Crippen LogP contribution in [0.5, 0.6) is 5.75 Å². The molecule has 38 N–H and O–H groups in total. The second kappa shape index (κ2) is 70.6. The zero-order valence-electron chi connectivity index (χ0n) is 84.5. The molecule has 56 nitrogen and oxygen atoms in total. The van der Waals surface area contributed by atoms with Crippen LogP contribution in [0.2, 0.25) is 0 Å². The predicted octanol–water partition coefficient (Wildman–Crippen LogP) is -6.57. The minimum absolute atomic E-state index is 0.0155. The minimum Gasteiger partial charge on any atom is -0.508 e. The van der Waals surface area contributed by atoms with E-state index in [1.54, 1.807) is 64.3 Å². The van der Waals surface area contributed by atoms with Gasteiger partial charge in [-0.25, -0.2) is 4.79 Å². The number of rotatable bonds is 77. The molecule has 0 bridgehead atoms. The van der Waals surface area contributed by atoms with Crippen LogP contribution in [0.4, 0.5) is 0 Å². The SMILES string of the molecule is CSCC[C@H](NC(=O)[C@H](Cc1ccccc1)NC(=O)[C@H](CCC(=O)O)NC(=O)[C@@H](N)Cc1ccc(O)cc1)C(=O)N[C@@H](CCCCN)C(=O)N[C@@H](CCCCN)C(=O)NCC(=O)N[C@@H](CC(=O)O)C(=O)N[C@@H](CCC(=O)O)C(=O)N[C@@H](CCCNC(=N)N)C(=O)N[C@@H](CC(C)C)C(=O)N[C@@H](CC(C)C)C(=O)N[C@@H](CCC(=O)O)C(=O)N[C@@H](CCC(=O)O)C(=O)N[C@@H](C)C(=O)N[C@@H](CCC(=O)O)C(=O)N[C@@H](CCCNC(=N)N)C(=O)O. The molecule has 2 aromatic carbocycles. The zero-order chi connectivity index (χ0) is 113. The fourth-order valence-electron chi connectivity index (χ4n) is 14.6. The van der Waals surface area contributed by atoms with Gasteiger partial charge >= 0.3 is 41.8 Å². The smallest absolute Gasteiger partial charge is 0.326 e. The summed E-state index contributed by atoms with van der Waals surface area (Å²) in [6, 6.07) is -13.0. The van der Waals surface area contributed by atoms with E-state index in [2.05, 4.69) is 95.7 Å². The number of thioether (sulfide) groups is 1. The normalized spacial score (nSPS) is 14.2. The zero-order valence-corrected chi connectivity index (χ0v) is 85.3. The van der Waals surface area contributed by atoms with E-state index >= 15 is 0 Å². The Morgan fingerprint density at radius 2 is 0.613 bits per heavy atom. The molecule has 0 aliphatic rings. The number of benzene rings is 2. The average Bonchev–Trinajstić information content (AvgIpc) is 0.880. The molecule has 2 rings (SSSR count). The van der Waals surface area contributed by atoms with Crippen LogP contribution in [-0.4, -0.2) is 330 Å². The summed E-state index contributed by atoms with van der Waals surface area (Å²) in [5, 5.41) is 136. The lowest BCUT2D eigenvalue weighted by molar-refractivity contribution is -0.143. The summed E-state index contributed by atoms with van der Waals surface area (Å²) < 4.78 is 0. The highest BCUT2D eigenvalue weighted by atomic mass is 32.2. The Morgan fingerprint density at radius 1 is 0.313 bits per heavy atom. The number of hydrogen-bond acceptors (Lipinski definition) is 30. The lowest BCUT2D eigenvalue weighted by Gasteiger charge is -2.29. The van der Waals surface area contributed by atoms with Crippen LogP contribution < -0.4 is 124 Å². The molecular formula is C93H147N25O31S. The first-order chi connectivity index (χ1) is 70.7. The summed E-state index contributed by atoms with van der Waals surface area (Å²) in [6.07, 6.45) is -7.89. The van der Waals surface area contributed by atoms with Crippen molar-refractivity contribution >= 4 is 160 Å². The largest absolute Gasteiger partial charge is 0.508 e. The molecule has 0 heterocycles. The molecule has 0 saturated carbocycles. The number of phenolic OH excluding ortho intramolecular Hbond substituents is 1. The number of carboxylic acids is 7. The van der Waals surface area contributed by atoms with Gasteiger partial charge in [-0.3, -0.25) is 116 Å². The highest BCUT2D eigenvalue weighted by Gasteiger charge is 2.40. The van der Waals surface area contributed by atoms with Crippen molar-refractivity contribution in [2.45, 2.75) is 298 Å². The summed E-state index contributed by atoms with van der Waals surface area (Å²) in [7, 11) is 0. The predicted molar refractivity (Wildman–Crippen MR) is 538 cm³/mol. The second-order valence-corrected chi connectivity index (χ2v) is 37.2. The van der Waals surface area contributed by atoms with Crippen molar-refractivity contribution in [1.29, 1.82) is 10.8 Å². The Kier molecular flexibility index (Phi) is 61.6. The van der Waals surface area contributed by atoms with E-state index in [9.17, 15) is 151 Å². The van der Waals surface area contributed by atoms with E-state index < -0.39 is 340 Å².